The molecule has 2 rings (SSSR count). The van der Waals surface area contributed by atoms with E-state index in [0.717, 1.165) is 24.0 Å². The molecule has 0 heterocycles. The Bertz CT molecular complexity index is 610. The molecule has 3 nitrogen and oxygen atoms in total. The third kappa shape index (κ3) is 4.80. The zero-order chi connectivity index (χ0) is 17.4. The fourth-order valence-corrected chi connectivity index (χ4v) is 2.47. The summed E-state index contributed by atoms with van der Waals surface area (Å²) in [6, 6.07) is 19.1. The van der Waals surface area contributed by atoms with Crippen molar-refractivity contribution in [1.82, 2.24) is 0 Å². The van der Waals surface area contributed by atoms with Crippen LogP contribution in [-0.2, 0) is 9.53 Å². The molecule has 0 saturated carbocycles. The number of benzene rings is 2. The normalized spacial score (nSPS) is 12.0. The first-order valence-corrected chi connectivity index (χ1v) is 8.31. The van der Waals surface area contributed by atoms with Crippen LogP contribution in [0.1, 0.15) is 43.4 Å². The largest absolute Gasteiger partial charge is 0.449 e. The molecule has 1 N–H and O–H groups in total. The van der Waals surface area contributed by atoms with Crippen molar-refractivity contribution < 1.29 is 14.6 Å². The van der Waals surface area contributed by atoms with Crippen molar-refractivity contribution in [3.63, 3.8) is 0 Å². The smallest absolute Gasteiger partial charge is 0.337 e. The minimum Gasteiger partial charge on any atom is -0.449 e. The van der Waals surface area contributed by atoms with Crippen LogP contribution in [0.15, 0.2) is 72.8 Å². The number of rotatable bonds is 8. The van der Waals surface area contributed by atoms with Crippen molar-refractivity contribution in [3.05, 3.63) is 83.9 Å². The van der Waals surface area contributed by atoms with Crippen LogP contribution in [0.2, 0.25) is 0 Å². The lowest BCUT2D eigenvalue weighted by molar-refractivity contribution is -0.144. The number of aliphatic hydroxyl groups excluding tert-OH is 1. The van der Waals surface area contributed by atoms with Crippen LogP contribution in [0.4, 0.5) is 0 Å². The van der Waals surface area contributed by atoms with Crippen LogP contribution >= 0.6 is 0 Å². The van der Waals surface area contributed by atoms with Crippen LogP contribution in [0, 0.1) is 0 Å². The number of carbonyl (C=O) groups is 1. The molecule has 0 amide bonds. The van der Waals surface area contributed by atoms with Gasteiger partial charge in [-0.3, -0.25) is 0 Å². The van der Waals surface area contributed by atoms with Crippen molar-refractivity contribution in [2.75, 3.05) is 0 Å². The van der Waals surface area contributed by atoms with Crippen molar-refractivity contribution >= 4 is 5.97 Å². The Labute approximate surface area is 143 Å². The van der Waals surface area contributed by atoms with Crippen molar-refractivity contribution in [2.24, 2.45) is 0 Å². The highest BCUT2D eigenvalue weighted by Crippen LogP contribution is 2.27. The molecular formula is C21H24O3. The van der Waals surface area contributed by atoms with Gasteiger partial charge in [0.2, 0.25) is 0 Å². The minimum atomic E-state index is -0.857. The van der Waals surface area contributed by atoms with E-state index in [2.05, 4.69) is 6.58 Å². The molecule has 0 bridgehead atoms. The van der Waals surface area contributed by atoms with Crippen molar-refractivity contribution in [1.29, 1.82) is 0 Å². The average Bonchev–Trinajstić information content (AvgIpc) is 2.64. The fraction of sp³-hybridized carbons (Fsp3) is 0.286. The van der Waals surface area contributed by atoms with Gasteiger partial charge in [0.05, 0.1) is 11.7 Å². The van der Waals surface area contributed by atoms with E-state index in [1.54, 1.807) is 0 Å². The highest BCUT2D eigenvalue weighted by Gasteiger charge is 2.23. The molecule has 3 heteroatoms. The van der Waals surface area contributed by atoms with Gasteiger partial charge in [0.1, 0.15) is 0 Å². The summed E-state index contributed by atoms with van der Waals surface area (Å²) in [7, 11) is 0. The number of unbranched alkanes of at least 4 members (excludes halogenated alkanes) is 1. The van der Waals surface area contributed by atoms with Crippen LogP contribution in [0.3, 0.4) is 0 Å². The van der Waals surface area contributed by atoms with E-state index in [1.165, 1.54) is 0 Å². The monoisotopic (exact) mass is 324 g/mol. The highest BCUT2D eigenvalue weighted by atomic mass is 16.5. The van der Waals surface area contributed by atoms with Gasteiger partial charge in [0.25, 0.3) is 0 Å². The van der Waals surface area contributed by atoms with Gasteiger partial charge in [-0.05, 0) is 17.5 Å². The van der Waals surface area contributed by atoms with E-state index < -0.39 is 18.2 Å². The maximum atomic E-state index is 12.4. The number of aliphatic hydroxyl groups is 1. The Hall–Kier alpha value is -2.39. The second-order valence-electron chi connectivity index (χ2n) is 5.79. The van der Waals surface area contributed by atoms with Crippen LogP contribution in [0.5, 0.6) is 0 Å². The Morgan fingerprint density at radius 3 is 2.00 bits per heavy atom. The maximum Gasteiger partial charge on any atom is 0.337 e. The molecule has 0 aromatic heterocycles. The van der Waals surface area contributed by atoms with Crippen LogP contribution in [0.25, 0.3) is 0 Å². The van der Waals surface area contributed by atoms with E-state index in [-0.39, 0.29) is 5.57 Å². The molecule has 0 spiro atoms. The quantitative estimate of drug-likeness (QED) is 0.577. The summed E-state index contributed by atoms with van der Waals surface area (Å²) in [6.45, 7) is 5.76. The minimum absolute atomic E-state index is 0.111. The third-order valence-corrected chi connectivity index (χ3v) is 3.93. The summed E-state index contributed by atoms with van der Waals surface area (Å²) >= 11 is 0. The third-order valence-electron chi connectivity index (χ3n) is 3.93. The van der Waals surface area contributed by atoms with Crippen molar-refractivity contribution in [2.45, 2.75) is 38.4 Å². The summed E-state index contributed by atoms with van der Waals surface area (Å²) in [5.74, 6) is -0.559. The van der Waals surface area contributed by atoms with Gasteiger partial charge in [-0.1, -0.05) is 87.0 Å². The lowest BCUT2D eigenvalue weighted by atomic mass is 10.0. The molecule has 0 unspecified atom stereocenters. The van der Waals surface area contributed by atoms with Gasteiger partial charge in [0.15, 0.2) is 6.10 Å². The van der Waals surface area contributed by atoms with Gasteiger partial charge in [-0.15, -0.1) is 0 Å². The molecule has 0 saturated heterocycles. The summed E-state index contributed by atoms with van der Waals surface area (Å²) in [5, 5.41) is 10.1. The Morgan fingerprint density at radius 2 is 1.54 bits per heavy atom. The molecule has 24 heavy (non-hydrogen) atoms. The van der Waals surface area contributed by atoms with Crippen molar-refractivity contribution in [3.8, 4) is 0 Å². The SMILES string of the molecule is C=C(C(=O)OC(c1ccccc1)c1ccccc1)[C@H](O)CCCC. The number of ether oxygens (including phenoxy) is 1. The Balaban J connectivity index is 2.17. The Morgan fingerprint density at radius 1 is 1.04 bits per heavy atom. The Kier molecular flexibility index (Phi) is 6.76. The van der Waals surface area contributed by atoms with E-state index >= 15 is 0 Å². The van der Waals surface area contributed by atoms with Gasteiger partial charge >= 0.3 is 5.97 Å². The summed E-state index contributed by atoms with van der Waals surface area (Å²) in [5.41, 5.74) is 1.88. The zero-order valence-electron chi connectivity index (χ0n) is 14.0. The molecule has 2 aromatic rings. The molecule has 0 aliphatic heterocycles. The summed E-state index contributed by atoms with van der Waals surface area (Å²) in [4.78, 5) is 12.4. The summed E-state index contributed by atoms with van der Waals surface area (Å²) in [6.07, 6.45) is 0.940. The molecular weight excluding hydrogens is 300 g/mol. The molecule has 2 aromatic carbocycles. The van der Waals surface area contributed by atoms with Gasteiger partial charge in [-0.2, -0.15) is 0 Å². The molecule has 126 valence electrons. The molecule has 0 fully saturated rings. The van der Waals surface area contributed by atoms with Gasteiger partial charge < -0.3 is 9.84 Å². The van der Waals surface area contributed by atoms with Gasteiger partial charge in [-0.25, -0.2) is 4.79 Å². The standard InChI is InChI=1S/C21H24O3/c1-3-4-15-19(22)16(2)21(23)24-20(17-11-7-5-8-12-17)18-13-9-6-10-14-18/h5-14,19-20,22H,2-4,15H2,1H3/t19-/m1/s1. The van der Waals surface area contributed by atoms with E-state index in [4.69, 9.17) is 4.74 Å². The maximum absolute atomic E-state index is 12.4. The van der Waals surface area contributed by atoms with Crippen LogP contribution in [-0.4, -0.2) is 17.2 Å². The molecule has 0 radical (unpaired) electrons. The second-order valence-corrected chi connectivity index (χ2v) is 5.79. The number of esters is 1. The molecule has 0 aliphatic carbocycles. The highest BCUT2D eigenvalue weighted by molar-refractivity contribution is 5.89. The second kappa shape index (κ2) is 9.04. The van der Waals surface area contributed by atoms with E-state index in [1.807, 2.05) is 67.6 Å². The van der Waals surface area contributed by atoms with E-state index in [9.17, 15) is 9.90 Å². The predicted octanol–water partition coefficient (Wildman–Crippen LogP) is 4.43. The molecule has 0 aliphatic rings. The number of carbonyl (C=O) groups excluding carboxylic acids is 1. The first kappa shape index (κ1) is 18.0. The summed E-state index contributed by atoms with van der Waals surface area (Å²) < 4.78 is 5.69. The fourth-order valence-electron chi connectivity index (χ4n) is 2.47. The van der Waals surface area contributed by atoms with Crippen LogP contribution < -0.4 is 0 Å². The van der Waals surface area contributed by atoms with E-state index in [0.29, 0.717) is 6.42 Å². The number of hydrogen-bond donors (Lipinski definition) is 1. The number of hydrogen-bond acceptors (Lipinski definition) is 3. The first-order chi connectivity index (χ1) is 11.6. The molecule has 1 atom stereocenters. The zero-order valence-corrected chi connectivity index (χ0v) is 14.0. The lowest BCUT2D eigenvalue weighted by Gasteiger charge is -2.21. The lowest BCUT2D eigenvalue weighted by Crippen LogP contribution is -2.21. The topological polar surface area (TPSA) is 46.5 Å². The van der Waals surface area contributed by atoms with Gasteiger partial charge in [0, 0.05) is 0 Å². The predicted molar refractivity (Wildman–Crippen MR) is 95.5 cm³/mol. The first-order valence-electron chi connectivity index (χ1n) is 8.31. The average molecular weight is 324 g/mol.